The number of rotatable bonds is 0. The first-order chi connectivity index (χ1) is 6.91. The molecular weight excluding hydrogens is 208 g/mol. The minimum atomic E-state index is -0.184. The summed E-state index contributed by atoms with van der Waals surface area (Å²) in [7, 11) is 0. The third-order valence-corrected chi connectivity index (χ3v) is 7.04. The van der Waals surface area contributed by atoms with Crippen LogP contribution in [0.2, 0.25) is 0 Å². The summed E-state index contributed by atoms with van der Waals surface area (Å²) in [5, 5.41) is 0. The molecule has 3 heteroatoms. The number of esters is 1. The van der Waals surface area contributed by atoms with E-state index >= 15 is 0 Å². The zero-order valence-corrected chi connectivity index (χ0v) is 10.4. The molecule has 0 N–H and O–H groups in total. The fourth-order valence-corrected chi connectivity index (χ4v) is 5.54. The lowest BCUT2D eigenvalue weighted by Crippen LogP contribution is -2.44. The molecule has 3 rings (SSSR count). The Morgan fingerprint density at radius 2 is 2.13 bits per heavy atom. The van der Waals surface area contributed by atoms with Crippen LogP contribution in [0.15, 0.2) is 0 Å². The van der Waals surface area contributed by atoms with Crippen molar-refractivity contribution in [3.05, 3.63) is 0 Å². The van der Waals surface area contributed by atoms with Crippen molar-refractivity contribution in [2.75, 3.05) is 5.75 Å². The molecule has 3 aliphatic rings. The molecule has 1 spiro atoms. The Labute approximate surface area is 95.1 Å². The number of ether oxygens (including phenoxy) is 1. The van der Waals surface area contributed by atoms with E-state index in [1.54, 1.807) is 11.8 Å². The first-order valence-electron chi connectivity index (χ1n) is 5.77. The SMILES string of the molecule is CC1(C)[C@H]2CC[C@]1(C)[C@]1(C2)OC(=O)CS1. The van der Waals surface area contributed by atoms with Crippen LogP contribution in [0, 0.1) is 16.7 Å². The average molecular weight is 226 g/mol. The normalized spacial score (nSPS) is 51.4. The second-order valence-electron chi connectivity index (χ2n) is 6.01. The van der Waals surface area contributed by atoms with Crippen molar-refractivity contribution in [1.29, 1.82) is 0 Å². The fourth-order valence-electron chi connectivity index (χ4n) is 3.98. The molecule has 84 valence electrons. The zero-order valence-electron chi connectivity index (χ0n) is 9.63. The maximum atomic E-state index is 11.4. The molecule has 1 heterocycles. The van der Waals surface area contributed by atoms with Gasteiger partial charge in [-0.15, -0.1) is 11.8 Å². The molecule has 3 atom stereocenters. The maximum absolute atomic E-state index is 11.4. The molecule has 0 aromatic rings. The number of hydrogen-bond acceptors (Lipinski definition) is 3. The highest BCUT2D eigenvalue weighted by Crippen LogP contribution is 2.74. The zero-order chi connectivity index (χ0) is 10.9. The van der Waals surface area contributed by atoms with Gasteiger partial charge in [-0.1, -0.05) is 20.8 Å². The van der Waals surface area contributed by atoms with Gasteiger partial charge in [-0.2, -0.15) is 0 Å². The van der Waals surface area contributed by atoms with Crippen LogP contribution >= 0.6 is 11.8 Å². The van der Waals surface area contributed by atoms with E-state index in [1.165, 1.54) is 12.8 Å². The van der Waals surface area contributed by atoms with Crippen LogP contribution < -0.4 is 0 Å². The van der Waals surface area contributed by atoms with Crippen LogP contribution in [0.3, 0.4) is 0 Å². The van der Waals surface area contributed by atoms with Crippen molar-refractivity contribution in [2.24, 2.45) is 16.7 Å². The van der Waals surface area contributed by atoms with Crippen LogP contribution in [-0.4, -0.2) is 16.7 Å². The fraction of sp³-hybridized carbons (Fsp3) is 0.917. The first-order valence-corrected chi connectivity index (χ1v) is 6.76. The summed E-state index contributed by atoms with van der Waals surface area (Å²) in [6.45, 7) is 7.03. The summed E-state index contributed by atoms with van der Waals surface area (Å²) in [4.78, 5) is 11.2. The third kappa shape index (κ3) is 0.920. The van der Waals surface area contributed by atoms with Crippen LogP contribution in [0.1, 0.15) is 40.0 Å². The van der Waals surface area contributed by atoms with Crippen molar-refractivity contribution in [1.82, 2.24) is 0 Å². The molecule has 3 fully saturated rings. The van der Waals surface area contributed by atoms with Crippen molar-refractivity contribution < 1.29 is 9.53 Å². The molecule has 2 nitrogen and oxygen atoms in total. The lowest BCUT2D eigenvalue weighted by atomic mass is 9.69. The molecule has 0 amide bonds. The minimum absolute atomic E-state index is 0.00965. The van der Waals surface area contributed by atoms with Gasteiger partial charge in [0.15, 0.2) is 4.93 Å². The Balaban J connectivity index is 2.06. The number of thioether (sulfide) groups is 1. The number of hydrogen-bond donors (Lipinski definition) is 0. The second kappa shape index (κ2) is 2.55. The monoisotopic (exact) mass is 226 g/mol. The minimum Gasteiger partial charge on any atom is -0.447 e. The molecule has 0 radical (unpaired) electrons. The van der Waals surface area contributed by atoms with E-state index in [0.717, 1.165) is 12.3 Å². The van der Waals surface area contributed by atoms with Gasteiger partial charge >= 0.3 is 5.97 Å². The molecule has 2 saturated carbocycles. The highest BCUT2D eigenvalue weighted by atomic mass is 32.2. The second-order valence-corrected chi connectivity index (χ2v) is 7.25. The van der Waals surface area contributed by atoms with Gasteiger partial charge in [0.2, 0.25) is 0 Å². The Bertz CT molecular complexity index is 339. The molecule has 0 aromatic carbocycles. The molecule has 2 aliphatic carbocycles. The van der Waals surface area contributed by atoms with Gasteiger partial charge < -0.3 is 4.74 Å². The molecule has 15 heavy (non-hydrogen) atoms. The van der Waals surface area contributed by atoms with Crippen molar-refractivity contribution in [2.45, 2.75) is 45.0 Å². The highest BCUT2D eigenvalue weighted by molar-refractivity contribution is 8.01. The van der Waals surface area contributed by atoms with Gasteiger partial charge in [0.25, 0.3) is 0 Å². The van der Waals surface area contributed by atoms with E-state index in [-0.39, 0.29) is 16.3 Å². The Kier molecular flexibility index (Phi) is 1.70. The summed E-state index contributed by atoms with van der Waals surface area (Å²) < 4.78 is 5.71. The van der Waals surface area contributed by atoms with Crippen LogP contribution in [-0.2, 0) is 9.53 Å². The van der Waals surface area contributed by atoms with Crippen LogP contribution in [0.5, 0.6) is 0 Å². The van der Waals surface area contributed by atoms with E-state index in [0.29, 0.717) is 11.2 Å². The predicted octanol–water partition coefficient (Wildman–Crippen LogP) is 2.82. The third-order valence-electron chi connectivity index (χ3n) is 5.49. The summed E-state index contributed by atoms with van der Waals surface area (Å²) in [5.41, 5.74) is 0.506. The molecule has 0 aromatic heterocycles. The Morgan fingerprint density at radius 1 is 1.40 bits per heavy atom. The molecule has 1 saturated heterocycles. The summed E-state index contributed by atoms with van der Waals surface area (Å²) in [5.74, 6) is 1.28. The predicted molar refractivity (Wildman–Crippen MR) is 60.5 cm³/mol. The van der Waals surface area contributed by atoms with Gasteiger partial charge in [-0.3, -0.25) is 4.79 Å². The summed E-state index contributed by atoms with van der Waals surface area (Å²) >= 11 is 1.75. The number of carbonyl (C=O) groups excluding carboxylic acids is 1. The number of carbonyl (C=O) groups is 1. The topological polar surface area (TPSA) is 26.3 Å². The molecule has 2 bridgehead atoms. The summed E-state index contributed by atoms with van der Waals surface area (Å²) in [6, 6.07) is 0. The largest absolute Gasteiger partial charge is 0.447 e. The Morgan fingerprint density at radius 3 is 2.53 bits per heavy atom. The van der Waals surface area contributed by atoms with Gasteiger partial charge in [0.1, 0.15) is 0 Å². The summed E-state index contributed by atoms with van der Waals surface area (Å²) in [6.07, 6.45) is 3.60. The Hall–Kier alpha value is -0.180. The molecule has 0 unspecified atom stereocenters. The van der Waals surface area contributed by atoms with E-state index in [1.807, 2.05) is 0 Å². The van der Waals surface area contributed by atoms with E-state index in [4.69, 9.17) is 4.74 Å². The average Bonchev–Trinajstić information content (AvgIpc) is 2.66. The van der Waals surface area contributed by atoms with Crippen molar-refractivity contribution >= 4 is 17.7 Å². The molecular formula is C12H18O2S. The smallest absolute Gasteiger partial charge is 0.317 e. The van der Waals surface area contributed by atoms with Crippen molar-refractivity contribution in [3.63, 3.8) is 0 Å². The maximum Gasteiger partial charge on any atom is 0.317 e. The lowest BCUT2D eigenvalue weighted by Gasteiger charge is -2.44. The van der Waals surface area contributed by atoms with E-state index in [2.05, 4.69) is 20.8 Å². The van der Waals surface area contributed by atoms with E-state index < -0.39 is 0 Å². The van der Waals surface area contributed by atoms with E-state index in [9.17, 15) is 4.79 Å². The van der Waals surface area contributed by atoms with Crippen LogP contribution in [0.4, 0.5) is 0 Å². The van der Waals surface area contributed by atoms with Gasteiger partial charge in [0, 0.05) is 11.8 Å². The highest BCUT2D eigenvalue weighted by Gasteiger charge is 2.72. The van der Waals surface area contributed by atoms with Crippen molar-refractivity contribution in [3.8, 4) is 0 Å². The van der Waals surface area contributed by atoms with Crippen LogP contribution in [0.25, 0.3) is 0 Å². The number of fused-ring (bicyclic) bond motifs is 3. The standard InChI is InChI=1S/C12H18O2S/c1-10(2)8-4-5-11(10,3)12(6-8)14-9(13)7-15-12/h8H,4-7H2,1-3H3/t8-,11-,12+/m0/s1. The van der Waals surface area contributed by atoms with Gasteiger partial charge in [-0.25, -0.2) is 0 Å². The van der Waals surface area contributed by atoms with Gasteiger partial charge in [-0.05, 0) is 24.2 Å². The quantitative estimate of drug-likeness (QED) is 0.594. The lowest BCUT2D eigenvalue weighted by molar-refractivity contribution is -0.154. The van der Waals surface area contributed by atoms with Gasteiger partial charge in [0.05, 0.1) is 5.75 Å². The molecule has 1 aliphatic heterocycles. The first kappa shape index (κ1) is 10.0.